The van der Waals surface area contributed by atoms with E-state index in [4.69, 9.17) is 10.00 Å². The molecule has 0 radical (unpaired) electrons. The minimum Gasteiger partial charge on any atom is -0.444 e. The number of amides is 1. The molecule has 1 unspecified atom stereocenters. The van der Waals surface area contributed by atoms with E-state index < -0.39 is 17.7 Å². The molecule has 0 rings (SSSR count). The first-order valence-electron chi connectivity index (χ1n) is 5.78. The van der Waals surface area contributed by atoms with Gasteiger partial charge in [0.05, 0.1) is 6.07 Å². The van der Waals surface area contributed by atoms with E-state index in [1.54, 1.807) is 20.8 Å². The quantitative estimate of drug-likeness (QED) is 0.733. The summed E-state index contributed by atoms with van der Waals surface area (Å²) in [5.74, 6) is 0. The molecule has 0 spiro atoms. The third kappa shape index (κ3) is 8.10. The zero-order chi connectivity index (χ0) is 12.6. The van der Waals surface area contributed by atoms with Crippen LogP contribution in [0.2, 0.25) is 0 Å². The summed E-state index contributed by atoms with van der Waals surface area (Å²) in [6.07, 6.45) is 3.29. The average molecular weight is 226 g/mol. The molecule has 0 aliphatic rings. The maximum absolute atomic E-state index is 11.4. The van der Waals surface area contributed by atoms with E-state index in [1.807, 2.05) is 0 Å². The van der Waals surface area contributed by atoms with Crippen molar-refractivity contribution in [2.45, 2.75) is 65.0 Å². The Morgan fingerprint density at radius 2 is 2.06 bits per heavy atom. The Kier molecular flexibility index (Phi) is 6.55. The van der Waals surface area contributed by atoms with Crippen LogP contribution < -0.4 is 5.32 Å². The van der Waals surface area contributed by atoms with Crippen molar-refractivity contribution in [1.82, 2.24) is 5.32 Å². The Hall–Kier alpha value is -1.24. The molecule has 0 saturated carbocycles. The second-order valence-corrected chi connectivity index (χ2v) is 4.82. The zero-order valence-electron chi connectivity index (χ0n) is 10.7. The molecule has 0 aromatic heterocycles. The SMILES string of the molecule is CCCCCC(C#N)NC(=O)OC(C)(C)C. The molecular weight excluding hydrogens is 204 g/mol. The van der Waals surface area contributed by atoms with Crippen molar-refractivity contribution in [2.24, 2.45) is 0 Å². The number of nitrogens with one attached hydrogen (secondary N) is 1. The lowest BCUT2D eigenvalue weighted by molar-refractivity contribution is 0.0513. The van der Waals surface area contributed by atoms with Crippen molar-refractivity contribution in [3.8, 4) is 6.07 Å². The van der Waals surface area contributed by atoms with Crippen LogP contribution in [0.25, 0.3) is 0 Å². The largest absolute Gasteiger partial charge is 0.444 e. The fourth-order valence-electron chi connectivity index (χ4n) is 1.22. The fraction of sp³-hybridized carbons (Fsp3) is 0.833. The van der Waals surface area contributed by atoms with Gasteiger partial charge < -0.3 is 10.1 Å². The van der Waals surface area contributed by atoms with Crippen molar-refractivity contribution in [3.63, 3.8) is 0 Å². The molecule has 4 heteroatoms. The van der Waals surface area contributed by atoms with Crippen LogP contribution in [0, 0.1) is 11.3 Å². The van der Waals surface area contributed by atoms with Gasteiger partial charge in [-0.25, -0.2) is 4.79 Å². The van der Waals surface area contributed by atoms with Gasteiger partial charge in [0.25, 0.3) is 0 Å². The molecule has 0 aromatic rings. The smallest absolute Gasteiger partial charge is 0.408 e. The first-order valence-corrected chi connectivity index (χ1v) is 5.78. The van der Waals surface area contributed by atoms with Gasteiger partial charge in [-0.2, -0.15) is 5.26 Å². The first-order chi connectivity index (χ1) is 7.39. The number of nitrogens with zero attached hydrogens (tertiary/aromatic N) is 1. The molecule has 1 amide bonds. The van der Waals surface area contributed by atoms with Crippen LogP contribution in [0.5, 0.6) is 0 Å². The summed E-state index contributed by atoms with van der Waals surface area (Å²) in [5, 5.41) is 11.4. The Morgan fingerprint density at radius 1 is 1.44 bits per heavy atom. The highest BCUT2D eigenvalue weighted by Crippen LogP contribution is 2.08. The van der Waals surface area contributed by atoms with E-state index in [-0.39, 0.29) is 0 Å². The van der Waals surface area contributed by atoms with E-state index in [1.165, 1.54) is 0 Å². The Morgan fingerprint density at radius 3 is 2.50 bits per heavy atom. The van der Waals surface area contributed by atoms with Crippen molar-refractivity contribution in [1.29, 1.82) is 5.26 Å². The van der Waals surface area contributed by atoms with Crippen LogP contribution in [0.3, 0.4) is 0 Å². The van der Waals surface area contributed by atoms with Gasteiger partial charge in [-0.1, -0.05) is 26.2 Å². The van der Waals surface area contributed by atoms with E-state index in [0.29, 0.717) is 6.42 Å². The van der Waals surface area contributed by atoms with Crippen molar-refractivity contribution in [3.05, 3.63) is 0 Å². The normalized spacial score (nSPS) is 12.7. The van der Waals surface area contributed by atoms with E-state index in [9.17, 15) is 4.79 Å². The number of hydrogen-bond donors (Lipinski definition) is 1. The first kappa shape index (κ1) is 14.8. The lowest BCUT2D eigenvalue weighted by atomic mass is 10.1. The number of unbranched alkanes of at least 4 members (excludes halogenated alkanes) is 2. The summed E-state index contributed by atoms with van der Waals surface area (Å²) < 4.78 is 5.08. The van der Waals surface area contributed by atoms with Crippen LogP contribution in [0.1, 0.15) is 53.4 Å². The van der Waals surface area contributed by atoms with E-state index >= 15 is 0 Å². The molecule has 0 fully saturated rings. The summed E-state index contributed by atoms with van der Waals surface area (Å²) in [6.45, 7) is 7.49. The molecule has 92 valence electrons. The summed E-state index contributed by atoms with van der Waals surface area (Å²) in [7, 11) is 0. The molecule has 4 nitrogen and oxygen atoms in total. The molecule has 1 N–H and O–H groups in total. The van der Waals surface area contributed by atoms with Gasteiger partial charge in [-0.05, 0) is 27.2 Å². The Balaban J connectivity index is 3.94. The lowest BCUT2D eigenvalue weighted by Gasteiger charge is -2.21. The number of alkyl carbamates (subject to hydrolysis) is 1. The maximum atomic E-state index is 11.4. The van der Waals surface area contributed by atoms with Crippen LogP contribution in [-0.2, 0) is 4.74 Å². The van der Waals surface area contributed by atoms with E-state index in [2.05, 4.69) is 18.3 Å². The van der Waals surface area contributed by atoms with Crippen molar-refractivity contribution < 1.29 is 9.53 Å². The second-order valence-electron chi connectivity index (χ2n) is 4.82. The van der Waals surface area contributed by atoms with Crippen LogP contribution >= 0.6 is 0 Å². The van der Waals surface area contributed by atoms with Crippen LogP contribution in [0.15, 0.2) is 0 Å². The Labute approximate surface area is 98.0 Å². The predicted octanol–water partition coefficient (Wildman–Crippen LogP) is 2.98. The minimum atomic E-state index is -0.520. The third-order valence-corrected chi connectivity index (χ3v) is 1.94. The molecule has 1 atom stereocenters. The second kappa shape index (κ2) is 7.10. The standard InChI is InChI=1S/C12H22N2O2/c1-5-6-7-8-10(9-13)14-11(15)16-12(2,3)4/h10H,5-8H2,1-4H3,(H,14,15). The van der Waals surface area contributed by atoms with Gasteiger partial charge in [0.1, 0.15) is 11.6 Å². The summed E-state index contributed by atoms with van der Waals surface area (Å²) >= 11 is 0. The number of rotatable bonds is 5. The summed E-state index contributed by atoms with van der Waals surface area (Å²) in [6, 6.07) is 1.62. The fourth-order valence-corrected chi connectivity index (χ4v) is 1.22. The van der Waals surface area contributed by atoms with Gasteiger partial charge in [-0.3, -0.25) is 0 Å². The average Bonchev–Trinajstić information content (AvgIpc) is 2.13. The monoisotopic (exact) mass is 226 g/mol. The lowest BCUT2D eigenvalue weighted by Crippen LogP contribution is -2.38. The molecule has 0 aliphatic carbocycles. The van der Waals surface area contributed by atoms with Gasteiger partial charge in [0, 0.05) is 0 Å². The molecule has 0 aliphatic heterocycles. The molecular formula is C12H22N2O2. The Bertz CT molecular complexity index is 251. The van der Waals surface area contributed by atoms with Gasteiger partial charge in [0.15, 0.2) is 0 Å². The number of hydrogen-bond acceptors (Lipinski definition) is 3. The summed E-state index contributed by atoms with van der Waals surface area (Å²) in [5.41, 5.74) is -0.520. The molecule has 0 bridgehead atoms. The molecule has 0 heterocycles. The molecule has 0 saturated heterocycles. The highest BCUT2D eigenvalue weighted by Gasteiger charge is 2.18. The minimum absolute atomic E-state index is 0.443. The van der Waals surface area contributed by atoms with Crippen molar-refractivity contribution >= 4 is 6.09 Å². The number of carbonyl (C=O) groups is 1. The summed E-state index contributed by atoms with van der Waals surface area (Å²) in [4.78, 5) is 11.4. The van der Waals surface area contributed by atoms with Gasteiger partial charge in [-0.15, -0.1) is 0 Å². The number of nitriles is 1. The van der Waals surface area contributed by atoms with E-state index in [0.717, 1.165) is 19.3 Å². The zero-order valence-corrected chi connectivity index (χ0v) is 10.7. The topological polar surface area (TPSA) is 62.1 Å². The highest BCUT2D eigenvalue weighted by molar-refractivity contribution is 5.68. The number of carbonyl (C=O) groups excluding carboxylic acids is 1. The van der Waals surface area contributed by atoms with Crippen molar-refractivity contribution in [2.75, 3.05) is 0 Å². The molecule has 16 heavy (non-hydrogen) atoms. The van der Waals surface area contributed by atoms with Crippen LogP contribution in [0.4, 0.5) is 4.79 Å². The predicted molar refractivity (Wildman–Crippen MR) is 62.9 cm³/mol. The highest BCUT2D eigenvalue weighted by atomic mass is 16.6. The molecule has 0 aromatic carbocycles. The van der Waals surface area contributed by atoms with Crippen LogP contribution in [-0.4, -0.2) is 17.7 Å². The third-order valence-electron chi connectivity index (χ3n) is 1.94. The number of ether oxygens (including phenoxy) is 1. The van der Waals surface area contributed by atoms with Gasteiger partial charge in [0.2, 0.25) is 0 Å². The maximum Gasteiger partial charge on any atom is 0.408 e. The van der Waals surface area contributed by atoms with Gasteiger partial charge >= 0.3 is 6.09 Å².